The van der Waals surface area contributed by atoms with Crippen LogP contribution in [0.25, 0.3) is 0 Å². The van der Waals surface area contributed by atoms with Crippen LogP contribution in [-0.2, 0) is 38.6 Å². The van der Waals surface area contributed by atoms with Gasteiger partial charge in [-0.15, -0.1) is 0 Å². The molecule has 0 fully saturated rings. The van der Waals surface area contributed by atoms with Gasteiger partial charge in [0.2, 0.25) is 22.2 Å². The lowest BCUT2D eigenvalue weighted by Gasteiger charge is -2.37. The van der Waals surface area contributed by atoms with Crippen LogP contribution < -0.4 is 43.3 Å². The van der Waals surface area contributed by atoms with Crippen molar-refractivity contribution in [2.75, 3.05) is 60.8 Å². The quantitative estimate of drug-likeness (QED) is 0.0458. The highest BCUT2D eigenvalue weighted by atomic mass is 16.5. The van der Waals surface area contributed by atoms with Crippen molar-refractivity contribution in [2.45, 2.75) is 90.0 Å². The van der Waals surface area contributed by atoms with Crippen molar-refractivity contribution in [3.8, 4) is 17.2 Å². The summed E-state index contributed by atoms with van der Waals surface area (Å²) in [5.41, 5.74) is 2.35. The van der Waals surface area contributed by atoms with Gasteiger partial charge in [0, 0.05) is 103 Å². The van der Waals surface area contributed by atoms with E-state index in [2.05, 4.69) is 21.3 Å². The summed E-state index contributed by atoms with van der Waals surface area (Å²) in [5, 5.41) is 43.0. The maximum absolute atomic E-state index is 13.8. The predicted octanol–water partition coefficient (Wildman–Crippen LogP) is 0.387. The summed E-state index contributed by atoms with van der Waals surface area (Å²) in [5.74, 6) is -4.68. The van der Waals surface area contributed by atoms with Crippen LogP contribution in [0, 0.1) is 5.92 Å². The monoisotopic (exact) mass is 900 g/mol. The molecule has 9 N–H and O–H groups in total. The van der Waals surface area contributed by atoms with Gasteiger partial charge >= 0.3 is 0 Å². The molecule has 0 bridgehead atoms. The van der Waals surface area contributed by atoms with E-state index in [-0.39, 0.29) is 121 Å². The molecule has 1 atom stereocenters. The first-order valence-corrected chi connectivity index (χ1v) is 21.2. The molecule has 3 heterocycles. The molecule has 0 aromatic carbocycles. The van der Waals surface area contributed by atoms with Crippen molar-refractivity contribution in [1.29, 1.82) is 0 Å². The molecule has 3 aromatic heterocycles. The fourth-order valence-electron chi connectivity index (χ4n) is 7.20. The number of amides is 4. The Morgan fingerprint density at radius 3 is 1.20 bits per heavy atom. The number of pyridine rings is 3. The lowest BCUT2D eigenvalue weighted by atomic mass is 9.83. The third-order valence-electron chi connectivity index (χ3n) is 10.5. The second-order valence-electron chi connectivity index (χ2n) is 15.8. The molecule has 0 unspecified atom stereocenters. The summed E-state index contributed by atoms with van der Waals surface area (Å²) in [4.78, 5) is 90.9. The van der Waals surface area contributed by atoms with E-state index in [1.807, 2.05) is 13.8 Å². The number of nitrogens with one attached hydrogen (secondary N) is 4. The zero-order valence-electron chi connectivity index (χ0n) is 37.3. The van der Waals surface area contributed by atoms with Crippen LogP contribution in [0.5, 0.6) is 17.2 Å². The summed E-state index contributed by atoms with van der Waals surface area (Å²) in [6.45, 7) is 5.08. The summed E-state index contributed by atoms with van der Waals surface area (Å²) >= 11 is 0. The summed E-state index contributed by atoms with van der Waals surface area (Å²) in [6, 6.07) is 2.52. The topological polar surface area (TPSA) is 297 Å². The zero-order valence-corrected chi connectivity index (χ0v) is 37.3. The largest absolute Gasteiger partial charge is 0.503 e. The number of ether oxygens (including phenoxy) is 3. The molecule has 3 aromatic rings. The molecular formula is C43H64N8O13. The van der Waals surface area contributed by atoms with Crippen LogP contribution in [0.1, 0.15) is 90.3 Å². The SMILES string of the molecule is COCCn1ccc(=O)c(O)c1C(=O)NCCCC(CCCNC(=O)c1c(O)c(=O)ccn1CCOC)(CCCNC(=O)c1c(O)c(=O)ccn1CCOC)NC(=O)[C@@H](N)CC(C)C. The number of hydrogen-bond acceptors (Lipinski definition) is 14. The van der Waals surface area contributed by atoms with Gasteiger partial charge in [0.25, 0.3) is 17.7 Å². The van der Waals surface area contributed by atoms with E-state index < -0.39 is 68.7 Å². The Bertz CT molecular complexity index is 2000. The Labute approximate surface area is 370 Å². The van der Waals surface area contributed by atoms with Gasteiger partial charge < -0.3 is 70.2 Å². The van der Waals surface area contributed by atoms with Gasteiger partial charge in [-0.25, -0.2) is 0 Å². The minimum absolute atomic E-state index is 0.0351. The Morgan fingerprint density at radius 2 is 0.922 bits per heavy atom. The Balaban J connectivity index is 1.91. The first-order valence-electron chi connectivity index (χ1n) is 21.2. The van der Waals surface area contributed by atoms with Crippen molar-refractivity contribution in [3.63, 3.8) is 0 Å². The molecule has 0 spiro atoms. The van der Waals surface area contributed by atoms with E-state index in [4.69, 9.17) is 19.9 Å². The van der Waals surface area contributed by atoms with Crippen molar-refractivity contribution in [3.05, 3.63) is 84.5 Å². The Morgan fingerprint density at radius 1 is 0.609 bits per heavy atom. The fraction of sp³-hybridized carbons (Fsp3) is 0.558. The minimum Gasteiger partial charge on any atom is -0.503 e. The van der Waals surface area contributed by atoms with Gasteiger partial charge in [-0.3, -0.25) is 33.6 Å². The number of nitrogens with zero attached hydrogens (tertiary/aromatic N) is 3. The van der Waals surface area contributed by atoms with Crippen LogP contribution in [0.3, 0.4) is 0 Å². The lowest BCUT2D eigenvalue weighted by molar-refractivity contribution is -0.125. The van der Waals surface area contributed by atoms with E-state index in [0.29, 0.717) is 6.42 Å². The molecule has 21 heteroatoms. The van der Waals surface area contributed by atoms with E-state index in [9.17, 15) is 48.9 Å². The first-order chi connectivity index (χ1) is 30.5. The van der Waals surface area contributed by atoms with Crippen LogP contribution >= 0.6 is 0 Å². The standard InChI is InChI=1S/C43H64N8O13/c1-28(2)27-29(44)39(58)48-43(12-6-15-45-40(59)33-36(55)30(52)9-18-49(33)21-24-62-3,13-7-16-46-41(60)34-37(56)31(53)10-19-50(34)22-25-63-4)14-8-17-47-42(61)35-38(57)32(54)11-20-51(35)23-26-64-5/h9-11,18-20,28-29,55-57H,6-8,12-17,21-27,44H2,1-5H3,(H,45,59)(H,46,60)(H,47,61)(H,48,58)/t29-/m0/s1. The van der Waals surface area contributed by atoms with Crippen LogP contribution in [0.2, 0.25) is 0 Å². The van der Waals surface area contributed by atoms with Crippen LogP contribution in [0.4, 0.5) is 0 Å². The highest BCUT2D eigenvalue weighted by Crippen LogP contribution is 2.27. The van der Waals surface area contributed by atoms with E-state index in [1.54, 1.807) is 0 Å². The molecular weight excluding hydrogens is 837 g/mol. The third-order valence-corrected chi connectivity index (χ3v) is 10.5. The Hall–Kier alpha value is -6.03. The average Bonchev–Trinajstić information content (AvgIpc) is 3.26. The van der Waals surface area contributed by atoms with Gasteiger partial charge in [0.05, 0.1) is 25.9 Å². The molecule has 3 rings (SSSR count). The third kappa shape index (κ3) is 15.1. The van der Waals surface area contributed by atoms with Crippen molar-refractivity contribution >= 4 is 23.6 Å². The second kappa shape index (κ2) is 25.9. The molecule has 0 radical (unpaired) electrons. The van der Waals surface area contributed by atoms with Crippen molar-refractivity contribution in [1.82, 2.24) is 35.0 Å². The normalized spacial score (nSPS) is 11.9. The molecule has 354 valence electrons. The van der Waals surface area contributed by atoms with Gasteiger partial charge in [-0.1, -0.05) is 13.8 Å². The fourth-order valence-corrected chi connectivity index (χ4v) is 7.20. The number of methoxy groups -OCH3 is 3. The lowest BCUT2D eigenvalue weighted by Crippen LogP contribution is -2.54. The van der Waals surface area contributed by atoms with E-state index in [1.165, 1.54) is 53.6 Å². The number of nitrogens with two attached hydrogens (primary N) is 1. The van der Waals surface area contributed by atoms with Crippen LogP contribution in [-0.4, -0.2) is 125 Å². The highest BCUT2D eigenvalue weighted by molar-refractivity contribution is 5.96. The van der Waals surface area contributed by atoms with Crippen molar-refractivity contribution < 1.29 is 48.7 Å². The maximum atomic E-state index is 13.8. The number of rotatable bonds is 28. The van der Waals surface area contributed by atoms with E-state index >= 15 is 0 Å². The number of aromatic hydroxyl groups is 3. The number of carbonyl (C=O) groups is 4. The number of aromatic nitrogens is 3. The van der Waals surface area contributed by atoms with Gasteiger partial charge in [0.15, 0.2) is 34.3 Å². The highest BCUT2D eigenvalue weighted by Gasteiger charge is 2.33. The van der Waals surface area contributed by atoms with Crippen LogP contribution in [0.15, 0.2) is 51.2 Å². The maximum Gasteiger partial charge on any atom is 0.271 e. The predicted molar refractivity (Wildman–Crippen MR) is 236 cm³/mol. The summed E-state index contributed by atoms with van der Waals surface area (Å²) in [7, 11) is 4.41. The minimum atomic E-state index is -1.06. The van der Waals surface area contributed by atoms with Gasteiger partial charge in [-0.2, -0.15) is 0 Å². The smallest absolute Gasteiger partial charge is 0.271 e. The molecule has 0 aliphatic carbocycles. The molecule has 21 nitrogen and oxygen atoms in total. The second-order valence-corrected chi connectivity index (χ2v) is 15.8. The summed E-state index contributed by atoms with van der Waals surface area (Å²) < 4.78 is 19.5. The Kier molecular flexibility index (Phi) is 21.2. The molecule has 0 saturated heterocycles. The zero-order chi connectivity index (χ0) is 47.4. The van der Waals surface area contributed by atoms with E-state index in [0.717, 1.165) is 18.2 Å². The van der Waals surface area contributed by atoms with Crippen molar-refractivity contribution in [2.24, 2.45) is 11.7 Å². The molecule has 64 heavy (non-hydrogen) atoms. The van der Waals surface area contributed by atoms with Gasteiger partial charge in [-0.05, 0) is 50.9 Å². The first kappa shape index (κ1) is 52.3. The molecule has 4 amide bonds. The summed E-state index contributed by atoms with van der Waals surface area (Å²) in [6.07, 6.45) is 5.98. The number of hydrogen-bond donors (Lipinski definition) is 8. The average molecular weight is 901 g/mol. The van der Waals surface area contributed by atoms with Gasteiger partial charge in [0.1, 0.15) is 0 Å². The molecule has 0 saturated carbocycles. The molecule has 0 aliphatic heterocycles. The molecule has 0 aliphatic rings. The number of carbonyl (C=O) groups excluding carboxylic acids is 4.